The Labute approximate surface area is 160 Å². The fourth-order valence-electron chi connectivity index (χ4n) is 6.16. The second kappa shape index (κ2) is 7.02. The van der Waals surface area contributed by atoms with Crippen LogP contribution >= 0.6 is 0 Å². The topological polar surface area (TPSA) is 24.9 Å². The quantitative estimate of drug-likeness (QED) is 0.656. The van der Waals surface area contributed by atoms with E-state index < -0.39 is 0 Å². The summed E-state index contributed by atoms with van der Waals surface area (Å²) in [5.41, 5.74) is 0.346. The lowest BCUT2D eigenvalue weighted by molar-refractivity contribution is -0.0661. The Hall–Kier alpha value is -0.160. The minimum atomic E-state index is 0.159. The predicted octanol–water partition coefficient (Wildman–Crippen LogP) is 3.69. The summed E-state index contributed by atoms with van der Waals surface area (Å²) in [6.45, 7) is 9.13. The van der Waals surface area contributed by atoms with E-state index >= 15 is 0 Å². The van der Waals surface area contributed by atoms with E-state index in [-0.39, 0.29) is 11.2 Å². The fraction of sp³-hybridized carbons (Fsp3) is 1.00. The van der Waals surface area contributed by atoms with Crippen LogP contribution in [-0.4, -0.2) is 72.5 Å². The zero-order valence-corrected chi connectivity index (χ0v) is 17.7. The SMILES string of the molecule is CC(C)OC1([C@@H]2CC(CC(C)OC3([C@H]4CCCN4C)CC3)CN2C)CC1. The van der Waals surface area contributed by atoms with Crippen LogP contribution < -0.4 is 0 Å². The van der Waals surface area contributed by atoms with E-state index in [0.29, 0.717) is 24.3 Å². The van der Waals surface area contributed by atoms with Gasteiger partial charge in [-0.25, -0.2) is 0 Å². The lowest BCUT2D eigenvalue weighted by atomic mass is 9.95. The molecule has 4 aliphatic rings. The standard InChI is InChI=1S/C22H40N2O2/c1-16(2)25-22(10-11-22)20-14-18(15-24(20)5)13-17(3)26-21(8-9-21)19-7-6-12-23(19)4/h16-20H,6-15H2,1-5H3/t17?,18?,19-,20+/m1/s1. The Kier molecular flexibility index (Phi) is 5.18. The molecular weight excluding hydrogens is 324 g/mol. The Morgan fingerprint density at radius 1 is 0.923 bits per heavy atom. The predicted molar refractivity (Wildman–Crippen MR) is 105 cm³/mol. The van der Waals surface area contributed by atoms with E-state index in [0.717, 1.165) is 5.92 Å². The molecule has 4 atom stereocenters. The van der Waals surface area contributed by atoms with Crippen LogP contribution in [0.5, 0.6) is 0 Å². The van der Waals surface area contributed by atoms with Gasteiger partial charge >= 0.3 is 0 Å². The molecule has 4 rings (SSSR count). The second-order valence-corrected chi connectivity index (χ2v) is 10.2. The van der Waals surface area contributed by atoms with Crippen molar-refractivity contribution in [2.45, 2.75) is 108 Å². The maximum Gasteiger partial charge on any atom is 0.0842 e. The van der Waals surface area contributed by atoms with E-state index in [1.807, 2.05) is 0 Å². The molecule has 26 heavy (non-hydrogen) atoms. The number of likely N-dealkylation sites (tertiary alicyclic amines) is 2. The van der Waals surface area contributed by atoms with Gasteiger partial charge in [-0.3, -0.25) is 0 Å². The monoisotopic (exact) mass is 364 g/mol. The van der Waals surface area contributed by atoms with Crippen LogP contribution in [0.25, 0.3) is 0 Å². The van der Waals surface area contributed by atoms with Crippen molar-refractivity contribution in [1.82, 2.24) is 9.80 Å². The van der Waals surface area contributed by atoms with Crippen molar-refractivity contribution in [3.05, 3.63) is 0 Å². The summed E-state index contributed by atoms with van der Waals surface area (Å²) in [5, 5.41) is 0. The van der Waals surface area contributed by atoms with Gasteiger partial charge in [-0.1, -0.05) is 0 Å². The third-order valence-electron chi connectivity index (χ3n) is 7.43. The number of nitrogens with zero attached hydrogens (tertiary/aromatic N) is 2. The van der Waals surface area contributed by atoms with Crippen molar-refractivity contribution in [2.75, 3.05) is 27.2 Å². The highest BCUT2D eigenvalue weighted by molar-refractivity contribution is 5.10. The highest BCUT2D eigenvalue weighted by atomic mass is 16.5. The van der Waals surface area contributed by atoms with Crippen molar-refractivity contribution in [3.63, 3.8) is 0 Å². The van der Waals surface area contributed by atoms with Crippen LogP contribution in [0, 0.1) is 5.92 Å². The summed E-state index contributed by atoms with van der Waals surface area (Å²) in [5.74, 6) is 0.755. The Morgan fingerprint density at radius 3 is 2.12 bits per heavy atom. The lowest BCUT2D eigenvalue weighted by Gasteiger charge is -2.32. The number of likely N-dealkylation sites (N-methyl/N-ethyl adjacent to an activating group) is 2. The Bertz CT molecular complexity index is 500. The highest BCUT2D eigenvalue weighted by Gasteiger charge is 2.56. The van der Waals surface area contributed by atoms with Crippen molar-refractivity contribution >= 4 is 0 Å². The fourth-order valence-corrected chi connectivity index (χ4v) is 6.16. The summed E-state index contributed by atoms with van der Waals surface area (Å²) in [6.07, 6.45) is 10.9. The second-order valence-electron chi connectivity index (χ2n) is 10.2. The van der Waals surface area contributed by atoms with E-state index in [2.05, 4.69) is 44.7 Å². The van der Waals surface area contributed by atoms with Crippen LogP contribution in [0.4, 0.5) is 0 Å². The zero-order chi connectivity index (χ0) is 18.5. The third-order valence-corrected chi connectivity index (χ3v) is 7.43. The van der Waals surface area contributed by atoms with Gasteiger partial charge in [0, 0.05) is 18.6 Å². The van der Waals surface area contributed by atoms with Crippen molar-refractivity contribution in [3.8, 4) is 0 Å². The minimum Gasteiger partial charge on any atom is -0.371 e. The molecule has 0 spiro atoms. The minimum absolute atomic E-state index is 0.159. The molecule has 150 valence electrons. The van der Waals surface area contributed by atoms with Gasteiger partial charge in [-0.2, -0.15) is 0 Å². The summed E-state index contributed by atoms with van der Waals surface area (Å²) >= 11 is 0. The van der Waals surface area contributed by atoms with E-state index in [1.165, 1.54) is 64.5 Å². The molecule has 0 N–H and O–H groups in total. The first-order valence-electron chi connectivity index (χ1n) is 11.1. The average Bonchev–Trinajstić information content (AvgIpc) is 3.41. The van der Waals surface area contributed by atoms with Gasteiger partial charge in [-0.05, 0) is 98.7 Å². The number of hydrogen-bond donors (Lipinski definition) is 0. The highest BCUT2D eigenvalue weighted by Crippen LogP contribution is 2.51. The van der Waals surface area contributed by atoms with Crippen LogP contribution in [0.15, 0.2) is 0 Å². The van der Waals surface area contributed by atoms with Gasteiger partial charge in [0.1, 0.15) is 0 Å². The van der Waals surface area contributed by atoms with E-state index in [9.17, 15) is 0 Å². The maximum absolute atomic E-state index is 6.71. The zero-order valence-electron chi connectivity index (χ0n) is 17.7. The van der Waals surface area contributed by atoms with E-state index in [1.54, 1.807) is 0 Å². The molecule has 2 unspecified atom stereocenters. The molecule has 0 aromatic heterocycles. The molecule has 4 fully saturated rings. The first-order valence-corrected chi connectivity index (χ1v) is 11.1. The molecule has 2 aliphatic heterocycles. The molecule has 0 aromatic carbocycles. The number of rotatable bonds is 8. The van der Waals surface area contributed by atoms with Gasteiger partial charge < -0.3 is 19.3 Å². The first kappa shape index (κ1) is 19.2. The Morgan fingerprint density at radius 2 is 1.58 bits per heavy atom. The number of hydrogen-bond acceptors (Lipinski definition) is 4. The largest absolute Gasteiger partial charge is 0.371 e. The van der Waals surface area contributed by atoms with Gasteiger partial charge in [0.05, 0.1) is 23.4 Å². The summed E-state index contributed by atoms with van der Waals surface area (Å²) < 4.78 is 13.1. The summed E-state index contributed by atoms with van der Waals surface area (Å²) in [4.78, 5) is 5.11. The molecule has 0 radical (unpaired) electrons. The molecule has 2 aliphatic carbocycles. The van der Waals surface area contributed by atoms with E-state index in [4.69, 9.17) is 9.47 Å². The molecule has 2 heterocycles. The third kappa shape index (κ3) is 3.72. The van der Waals surface area contributed by atoms with Crippen molar-refractivity contribution in [2.24, 2.45) is 5.92 Å². The first-order chi connectivity index (χ1) is 12.3. The van der Waals surface area contributed by atoms with Crippen LogP contribution in [0.2, 0.25) is 0 Å². The molecule has 2 saturated heterocycles. The normalized spacial score (nSPS) is 37.4. The van der Waals surface area contributed by atoms with Gasteiger partial charge in [0.15, 0.2) is 0 Å². The molecule has 0 bridgehead atoms. The smallest absolute Gasteiger partial charge is 0.0842 e. The molecule has 4 heteroatoms. The molecule has 0 aromatic rings. The van der Waals surface area contributed by atoms with Crippen LogP contribution in [-0.2, 0) is 9.47 Å². The van der Waals surface area contributed by atoms with Crippen LogP contribution in [0.1, 0.15) is 72.1 Å². The number of ether oxygens (including phenoxy) is 2. The average molecular weight is 365 g/mol. The molecule has 0 amide bonds. The molecule has 2 saturated carbocycles. The van der Waals surface area contributed by atoms with Crippen molar-refractivity contribution in [1.29, 1.82) is 0 Å². The molecule has 4 nitrogen and oxygen atoms in total. The Balaban J connectivity index is 1.30. The molecular formula is C22H40N2O2. The lowest BCUT2D eigenvalue weighted by Crippen LogP contribution is -2.42. The van der Waals surface area contributed by atoms with Crippen molar-refractivity contribution < 1.29 is 9.47 Å². The van der Waals surface area contributed by atoms with Gasteiger partial charge in [0.25, 0.3) is 0 Å². The van der Waals surface area contributed by atoms with Gasteiger partial charge in [-0.15, -0.1) is 0 Å². The summed E-state index contributed by atoms with van der Waals surface area (Å²) in [7, 11) is 4.59. The summed E-state index contributed by atoms with van der Waals surface area (Å²) in [6, 6.07) is 1.27. The van der Waals surface area contributed by atoms with Crippen LogP contribution in [0.3, 0.4) is 0 Å². The maximum atomic E-state index is 6.71. The van der Waals surface area contributed by atoms with Gasteiger partial charge in [0.2, 0.25) is 0 Å².